The summed E-state index contributed by atoms with van der Waals surface area (Å²) in [6.45, 7) is 7.88. The molecule has 0 aliphatic carbocycles. The quantitative estimate of drug-likeness (QED) is 0.609. The number of anilines is 3. The molecule has 0 atom stereocenters. The molecule has 0 saturated carbocycles. The molecule has 1 heterocycles. The normalized spacial score (nSPS) is 10.6. The van der Waals surface area contributed by atoms with Crippen LogP contribution in [0.5, 0.6) is 0 Å². The summed E-state index contributed by atoms with van der Waals surface area (Å²) in [5.74, 6) is 2.01. The number of benzene rings is 2. The van der Waals surface area contributed by atoms with Crippen LogP contribution in [-0.4, -0.2) is 21.5 Å². The third-order valence-electron chi connectivity index (χ3n) is 4.32. The molecule has 2 aromatic carbocycles. The van der Waals surface area contributed by atoms with Gasteiger partial charge in [0.2, 0.25) is 11.9 Å². The lowest BCUT2D eigenvalue weighted by molar-refractivity contribution is 0.692. The van der Waals surface area contributed by atoms with Crippen LogP contribution in [0.25, 0.3) is 0 Å². The molecule has 5 nitrogen and oxygen atoms in total. The van der Waals surface area contributed by atoms with E-state index in [0.29, 0.717) is 11.8 Å². The van der Waals surface area contributed by atoms with Crippen LogP contribution in [0.4, 0.5) is 17.6 Å². The molecule has 5 heteroatoms. The number of hydrogen-bond donors (Lipinski definition) is 1. The number of aromatic nitrogens is 3. The van der Waals surface area contributed by atoms with Crippen LogP contribution >= 0.6 is 0 Å². The summed E-state index contributed by atoms with van der Waals surface area (Å²) in [5.41, 5.74) is 3.45. The van der Waals surface area contributed by atoms with Crippen molar-refractivity contribution in [3.63, 3.8) is 0 Å². The van der Waals surface area contributed by atoms with Gasteiger partial charge in [0.1, 0.15) is 5.82 Å². The Bertz CT molecular complexity index is 846. The predicted octanol–water partition coefficient (Wildman–Crippen LogP) is 5.04. The van der Waals surface area contributed by atoms with E-state index in [1.54, 1.807) is 0 Å². The van der Waals surface area contributed by atoms with Crippen molar-refractivity contribution in [1.29, 1.82) is 0 Å². The average molecular weight is 361 g/mol. The van der Waals surface area contributed by atoms with E-state index in [4.69, 9.17) is 4.98 Å². The van der Waals surface area contributed by atoms with Crippen LogP contribution in [0.2, 0.25) is 0 Å². The van der Waals surface area contributed by atoms with Crippen LogP contribution < -0.4 is 10.2 Å². The molecule has 140 valence electrons. The highest BCUT2D eigenvalue weighted by atomic mass is 15.3. The van der Waals surface area contributed by atoms with Crippen molar-refractivity contribution in [3.8, 4) is 0 Å². The maximum Gasteiger partial charge on any atom is 0.232 e. The van der Waals surface area contributed by atoms with Crippen molar-refractivity contribution in [2.75, 3.05) is 16.8 Å². The van der Waals surface area contributed by atoms with Crippen molar-refractivity contribution in [3.05, 3.63) is 71.5 Å². The molecule has 0 radical (unpaired) electrons. The molecule has 0 aliphatic heterocycles. The minimum atomic E-state index is 0.580. The third kappa shape index (κ3) is 5.51. The van der Waals surface area contributed by atoms with E-state index >= 15 is 0 Å². The van der Waals surface area contributed by atoms with Gasteiger partial charge in [-0.25, -0.2) is 0 Å². The van der Waals surface area contributed by atoms with Crippen molar-refractivity contribution >= 4 is 17.6 Å². The van der Waals surface area contributed by atoms with Crippen LogP contribution in [0, 0.1) is 13.8 Å². The molecule has 0 spiro atoms. The molecule has 27 heavy (non-hydrogen) atoms. The molecule has 0 saturated heterocycles. The topological polar surface area (TPSA) is 53.9 Å². The van der Waals surface area contributed by atoms with E-state index in [9.17, 15) is 0 Å². The first kappa shape index (κ1) is 18.8. The summed E-state index contributed by atoms with van der Waals surface area (Å²) in [6, 6.07) is 18.7. The van der Waals surface area contributed by atoms with Gasteiger partial charge in [-0.15, -0.1) is 0 Å². The molecule has 1 aromatic heterocycles. The Balaban J connectivity index is 1.84. The second-order valence-corrected chi connectivity index (χ2v) is 6.76. The number of hydrogen-bond acceptors (Lipinski definition) is 5. The van der Waals surface area contributed by atoms with Gasteiger partial charge < -0.3 is 10.2 Å². The summed E-state index contributed by atoms with van der Waals surface area (Å²) in [5, 5.41) is 3.30. The minimum absolute atomic E-state index is 0.580. The van der Waals surface area contributed by atoms with Crippen LogP contribution in [0.1, 0.15) is 36.7 Å². The Kier molecular flexibility index (Phi) is 6.36. The third-order valence-corrected chi connectivity index (χ3v) is 4.32. The van der Waals surface area contributed by atoms with Gasteiger partial charge in [0.15, 0.2) is 0 Å². The van der Waals surface area contributed by atoms with Gasteiger partial charge in [-0.2, -0.15) is 15.0 Å². The smallest absolute Gasteiger partial charge is 0.232 e. The van der Waals surface area contributed by atoms with Gasteiger partial charge in [-0.3, -0.25) is 0 Å². The molecule has 0 fully saturated rings. The standard InChI is InChI=1S/C22H27N5/c1-4-5-15-27(16-19-9-7-6-8-10-19)22-24-18(3)23-21(26-22)25-20-13-11-17(2)12-14-20/h6-14H,4-5,15-16H2,1-3H3,(H,23,24,25,26). The Morgan fingerprint density at radius 1 is 0.889 bits per heavy atom. The Morgan fingerprint density at radius 3 is 2.33 bits per heavy atom. The first-order valence-corrected chi connectivity index (χ1v) is 9.49. The van der Waals surface area contributed by atoms with Gasteiger partial charge in [-0.1, -0.05) is 61.4 Å². The molecule has 3 rings (SSSR count). The summed E-state index contributed by atoms with van der Waals surface area (Å²) in [6.07, 6.45) is 2.22. The SMILES string of the molecule is CCCCN(Cc1ccccc1)c1nc(C)nc(Nc2ccc(C)cc2)n1. The fourth-order valence-corrected chi connectivity index (χ4v) is 2.83. The highest BCUT2D eigenvalue weighted by Gasteiger charge is 2.13. The van der Waals surface area contributed by atoms with Gasteiger partial charge >= 0.3 is 0 Å². The van der Waals surface area contributed by atoms with E-state index < -0.39 is 0 Å². The van der Waals surface area contributed by atoms with E-state index in [0.717, 1.165) is 37.6 Å². The van der Waals surface area contributed by atoms with Crippen molar-refractivity contribution in [2.24, 2.45) is 0 Å². The molecule has 0 aliphatic rings. The van der Waals surface area contributed by atoms with Crippen molar-refractivity contribution in [2.45, 2.75) is 40.2 Å². The second-order valence-electron chi connectivity index (χ2n) is 6.76. The van der Waals surface area contributed by atoms with E-state index in [1.807, 2.05) is 25.1 Å². The van der Waals surface area contributed by atoms with E-state index in [1.165, 1.54) is 11.1 Å². The lowest BCUT2D eigenvalue weighted by Gasteiger charge is -2.23. The molecular weight excluding hydrogens is 334 g/mol. The summed E-state index contributed by atoms with van der Waals surface area (Å²) in [7, 11) is 0. The predicted molar refractivity (Wildman–Crippen MR) is 111 cm³/mol. The van der Waals surface area contributed by atoms with Gasteiger partial charge in [0.25, 0.3) is 0 Å². The zero-order chi connectivity index (χ0) is 19.1. The molecule has 3 aromatic rings. The zero-order valence-corrected chi connectivity index (χ0v) is 16.3. The molecule has 0 bridgehead atoms. The Morgan fingerprint density at radius 2 is 1.63 bits per heavy atom. The fraction of sp³-hybridized carbons (Fsp3) is 0.318. The second kappa shape index (κ2) is 9.12. The first-order chi connectivity index (χ1) is 13.1. The van der Waals surface area contributed by atoms with Crippen LogP contribution in [0.3, 0.4) is 0 Å². The Hall–Kier alpha value is -2.95. The number of aryl methyl sites for hydroxylation is 2. The van der Waals surface area contributed by atoms with Crippen molar-refractivity contribution < 1.29 is 0 Å². The van der Waals surface area contributed by atoms with Crippen LogP contribution in [-0.2, 0) is 6.54 Å². The maximum absolute atomic E-state index is 4.69. The summed E-state index contributed by atoms with van der Waals surface area (Å²) in [4.78, 5) is 16.0. The first-order valence-electron chi connectivity index (χ1n) is 9.49. The number of rotatable bonds is 8. The van der Waals surface area contributed by atoms with Gasteiger partial charge in [0.05, 0.1) is 0 Å². The number of nitrogens with zero attached hydrogens (tertiary/aromatic N) is 4. The van der Waals surface area contributed by atoms with E-state index in [-0.39, 0.29) is 0 Å². The summed E-state index contributed by atoms with van der Waals surface area (Å²) < 4.78 is 0. The molecule has 1 N–H and O–H groups in total. The molecule has 0 amide bonds. The van der Waals surface area contributed by atoms with Crippen molar-refractivity contribution in [1.82, 2.24) is 15.0 Å². The van der Waals surface area contributed by atoms with Crippen LogP contribution in [0.15, 0.2) is 54.6 Å². The number of unbranched alkanes of at least 4 members (excludes halogenated alkanes) is 1. The Labute approximate surface area is 161 Å². The highest BCUT2D eigenvalue weighted by Crippen LogP contribution is 2.18. The minimum Gasteiger partial charge on any atom is -0.336 e. The molecular formula is C22H27N5. The monoisotopic (exact) mass is 361 g/mol. The van der Waals surface area contributed by atoms with Gasteiger partial charge in [0, 0.05) is 18.8 Å². The fourth-order valence-electron chi connectivity index (χ4n) is 2.83. The zero-order valence-electron chi connectivity index (χ0n) is 16.3. The maximum atomic E-state index is 4.69. The lowest BCUT2D eigenvalue weighted by Crippen LogP contribution is -2.26. The van der Waals surface area contributed by atoms with E-state index in [2.05, 4.69) is 70.4 Å². The number of nitrogens with one attached hydrogen (secondary N) is 1. The largest absolute Gasteiger partial charge is 0.336 e. The molecule has 0 unspecified atom stereocenters. The van der Waals surface area contributed by atoms with Gasteiger partial charge in [-0.05, 0) is 38.0 Å². The lowest BCUT2D eigenvalue weighted by atomic mass is 10.2. The average Bonchev–Trinajstić information content (AvgIpc) is 2.67. The highest BCUT2D eigenvalue weighted by molar-refractivity contribution is 5.54. The summed E-state index contributed by atoms with van der Waals surface area (Å²) >= 11 is 0.